The van der Waals surface area contributed by atoms with E-state index in [0.717, 1.165) is 6.42 Å². The standard InChI is InChI=1S/C21H41N3O6/c1-8-13(3)16(24-20(29)30-21(5,6)7)12-22-17(14(4)9-2)18(26)23-15(10-11-25)19(27)28/h13-17,22,25H,8-12H2,1-7H3,(H,23,26)(H,24,29)(H,27,28)/t13-,14-,15-,16+,17-/m0/s1. The van der Waals surface area contributed by atoms with E-state index in [-0.39, 0.29) is 30.9 Å². The molecule has 0 aromatic carbocycles. The van der Waals surface area contributed by atoms with Gasteiger partial charge in [0, 0.05) is 25.6 Å². The minimum Gasteiger partial charge on any atom is -0.480 e. The molecule has 0 rings (SSSR count). The van der Waals surface area contributed by atoms with Gasteiger partial charge in [-0.25, -0.2) is 9.59 Å². The van der Waals surface area contributed by atoms with Crippen LogP contribution in [0.5, 0.6) is 0 Å². The van der Waals surface area contributed by atoms with E-state index >= 15 is 0 Å². The van der Waals surface area contributed by atoms with Crippen LogP contribution >= 0.6 is 0 Å². The number of aliphatic carboxylic acids is 1. The minimum atomic E-state index is -1.19. The SMILES string of the molecule is CC[C@H](C)[C@H](NC[C@@H](NC(=O)OC(C)(C)C)[C@@H](C)CC)C(=O)N[C@@H](CCO)C(=O)O. The van der Waals surface area contributed by atoms with E-state index in [9.17, 15) is 19.5 Å². The molecule has 30 heavy (non-hydrogen) atoms. The maximum atomic E-state index is 12.8. The van der Waals surface area contributed by atoms with Gasteiger partial charge in [-0.15, -0.1) is 0 Å². The van der Waals surface area contributed by atoms with Gasteiger partial charge in [-0.05, 0) is 32.6 Å². The Balaban J connectivity index is 5.24. The van der Waals surface area contributed by atoms with E-state index in [1.165, 1.54) is 0 Å². The molecule has 0 spiro atoms. The first kappa shape index (κ1) is 28.1. The van der Waals surface area contributed by atoms with Gasteiger partial charge in [-0.2, -0.15) is 0 Å². The Hall–Kier alpha value is -1.87. The molecule has 0 heterocycles. The lowest BCUT2D eigenvalue weighted by Crippen LogP contribution is -2.56. The van der Waals surface area contributed by atoms with Crippen molar-refractivity contribution in [3.63, 3.8) is 0 Å². The summed E-state index contributed by atoms with van der Waals surface area (Å²) < 4.78 is 5.35. The van der Waals surface area contributed by atoms with Gasteiger partial charge in [0.2, 0.25) is 5.91 Å². The van der Waals surface area contributed by atoms with Crippen molar-refractivity contribution in [2.45, 2.75) is 91.5 Å². The van der Waals surface area contributed by atoms with Gasteiger partial charge in [-0.3, -0.25) is 4.79 Å². The fraction of sp³-hybridized carbons (Fsp3) is 0.857. The second-order valence-corrected chi connectivity index (χ2v) is 8.82. The van der Waals surface area contributed by atoms with Crippen LogP contribution in [-0.4, -0.2) is 65.1 Å². The molecule has 0 fully saturated rings. The van der Waals surface area contributed by atoms with Crippen molar-refractivity contribution in [3.05, 3.63) is 0 Å². The van der Waals surface area contributed by atoms with Crippen molar-refractivity contribution in [2.24, 2.45) is 11.8 Å². The molecule has 0 saturated carbocycles. The number of rotatable bonds is 13. The van der Waals surface area contributed by atoms with E-state index in [4.69, 9.17) is 9.84 Å². The Morgan fingerprint density at radius 3 is 2.00 bits per heavy atom. The third-order valence-electron chi connectivity index (χ3n) is 5.12. The molecule has 0 aromatic rings. The van der Waals surface area contributed by atoms with Crippen molar-refractivity contribution in [3.8, 4) is 0 Å². The van der Waals surface area contributed by atoms with Crippen molar-refractivity contribution >= 4 is 18.0 Å². The van der Waals surface area contributed by atoms with Gasteiger partial charge in [-0.1, -0.05) is 40.5 Å². The lowest BCUT2D eigenvalue weighted by molar-refractivity contribution is -0.142. The molecule has 0 unspecified atom stereocenters. The first-order valence-corrected chi connectivity index (χ1v) is 10.7. The maximum Gasteiger partial charge on any atom is 0.407 e. The van der Waals surface area contributed by atoms with Crippen molar-refractivity contribution in [2.75, 3.05) is 13.2 Å². The molecule has 0 aromatic heterocycles. The number of hydrogen-bond donors (Lipinski definition) is 5. The van der Waals surface area contributed by atoms with Crippen LogP contribution in [0.15, 0.2) is 0 Å². The maximum absolute atomic E-state index is 12.8. The number of amides is 2. The molecular formula is C21H41N3O6. The van der Waals surface area contributed by atoms with Gasteiger partial charge in [0.15, 0.2) is 0 Å². The van der Waals surface area contributed by atoms with Crippen LogP contribution in [0.2, 0.25) is 0 Å². The van der Waals surface area contributed by atoms with Crippen LogP contribution in [0.25, 0.3) is 0 Å². The molecule has 0 radical (unpaired) electrons. The number of carboxylic acids is 1. The number of aliphatic hydroxyl groups is 1. The lowest BCUT2D eigenvalue weighted by Gasteiger charge is -2.30. The highest BCUT2D eigenvalue weighted by Crippen LogP contribution is 2.13. The van der Waals surface area contributed by atoms with Gasteiger partial charge in [0.25, 0.3) is 0 Å². The van der Waals surface area contributed by atoms with Gasteiger partial charge in [0.1, 0.15) is 11.6 Å². The predicted octanol–water partition coefficient (Wildman–Crippen LogP) is 1.88. The number of ether oxygens (including phenoxy) is 1. The molecule has 0 aliphatic rings. The fourth-order valence-corrected chi connectivity index (χ4v) is 2.83. The summed E-state index contributed by atoms with van der Waals surface area (Å²) in [7, 11) is 0. The number of hydrogen-bond acceptors (Lipinski definition) is 6. The third-order valence-corrected chi connectivity index (χ3v) is 5.12. The highest BCUT2D eigenvalue weighted by molar-refractivity contribution is 5.87. The van der Waals surface area contributed by atoms with Crippen LogP contribution < -0.4 is 16.0 Å². The molecular weight excluding hydrogens is 390 g/mol. The largest absolute Gasteiger partial charge is 0.480 e. The first-order valence-electron chi connectivity index (χ1n) is 10.7. The first-order chi connectivity index (χ1) is 13.9. The van der Waals surface area contributed by atoms with Crippen molar-refractivity contribution < 1.29 is 29.3 Å². The zero-order valence-electron chi connectivity index (χ0n) is 19.4. The Bertz CT molecular complexity index is 549. The number of carbonyl (C=O) groups excluding carboxylic acids is 2. The number of carboxylic acid groups (broad SMARTS) is 1. The quantitative estimate of drug-likeness (QED) is 0.300. The molecule has 2 amide bonds. The van der Waals surface area contributed by atoms with E-state index < -0.39 is 35.7 Å². The highest BCUT2D eigenvalue weighted by Gasteiger charge is 2.30. The number of alkyl carbamates (subject to hydrolysis) is 1. The summed E-state index contributed by atoms with van der Waals surface area (Å²) in [6, 6.07) is -2.06. The van der Waals surface area contributed by atoms with Gasteiger partial charge >= 0.3 is 12.1 Å². The fourth-order valence-electron chi connectivity index (χ4n) is 2.83. The monoisotopic (exact) mass is 431 g/mol. The lowest BCUT2D eigenvalue weighted by atomic mass is 9.95. The molecule has 0 aliphatic heterocycles. The average molecular weight is 432 g/mol. The number of nitrogens with one attached hydrogen (secondary N) is 3. The van der Waals surface area contributed by atoms with Crippen LogP contribution in [0.1, 0.15) is 67.7 Å². The average Bonchev–Trinajstić information content (AvgIpc) is 2.64. The minimum absolute atomic E-state index is 0.0623. The van der Waals surface area contributed by atoms with E-state index in [0.29, 0.717) is 13.0 Å². The Kier molecular flexibility index (Phi) is 12.6. The zero-order valence-corrected chi connectivity index (χ0v) is 19.4. The van der Waals surface area contributed by atoms with Crippen molar-refractivity contribution in [1.29, 1.82) is 0 Å². The molecule has 0 aliphatic carbocycles. The Labute approximate surface area is 180 Å². The zero-order chi connectivity index (χ0) is 23.5. The van der Waals surface area contributed by atoms with Crippen LogP contribution in [-0.2, 0) is 14.3 Å². The summed E-state index contributed by atoms with van der Waals surface area (Å²) in [4.78, 5) is 36.3. The number of aliphatic hydroxyl groups excluding tert-OH is 1. The van der Waals surface area contributed by atoms with E-state index in [1.807, 2.05) is 27.7 Å². The topological polar surface area (TPSA) is 137 Å². The van der Waals surface area contributed by atoms with Crippen LogP contribution in [0, 0.1) is 11.8 Å². The van der Waals surface area contributed by atoms with Crippen LogP contribution in [0.3, 0.4) is 0 Å². The summed E-state index contributed by atoms with van der Waals surface area (Å²) in [6.45, 7) is 13.2. The smallest absolute Gasteiger partial charge is 0.407 e. The Morgan fingerprint density at radius 2 is 1.57 bits per heavy atom. The van der Waals surface area contributed by atoms with Gasteiger partial charge in [0.05, 0.1) is 6.04 Å². The molecule has 9 heteroatoms. The summed E-state index contributed by atoms with van der Waals surface area (Å²) in [5.74, 6) is -1.56. The predicted molar refractivity (Wildman–Crippen MR) is 115 cm³/mol. The molecule has 0 bridgehead atoms. The molecule has 5 N–H and O–H groups in total. The molecule has 0 saturated heterocycles. The highest BCUT2D eigenvalue weighted by atomic mass is 16.6. The second-order valence-electron chi connectivity index (χ2n) is 8.82. The Morgan fingerprint density at radius 1 is 1.00 bits per heavy atom. The van der Waals surface area contributed by atoms with Crippen molar-refractivity contribution in [1.82, 2.24) is 16.0 Å². The summed E-state index contributed by atoms with van der Waals surface area (Å²) in [5.41, 5.74) is -0.616. The molecule has 9 nitrogen and oxygen atoms in total. The second kappa shape index (κ2) is 13.4. The molecule has 176 valence electrons. The van der Waals surface area contributed by atoms with Gasteiger partial charge < -0.3 is 30.9 Å². The summed E-state index contributed by atoms with van der Waals surface area (Å²) >= 11 is 0. The number of carbonyl (C=O) groups is 3. The van der Waals surface area contributed by atoms with Crippen LogP contribution in [0.4, 0.5) is 4.79 Å². The molecule has 5 atom stereocenters. The van der Waals surface area contributed by atoms with E-state index in [2.05, 4.69) is 16.0 Å². The summed E-state index contributed by atoms with van der Waals surface area (Å²) in [5, 5.41) is 26.8. The normalized spacial score (nSPS) is 16.7. The third kappa shape index (κ3) is 10.8. The van der Waals surface area contributed by atoms with E-state index in [1.54, 1.807) is 20.8 Å². The summed E-state index contributed by atoms with van der Waals surface area (Å²) in [6.07, 6.45) is 0.938.